The van der Waals surface area contributed by atoms with E-state index in [4.69, 9.17) is 9.97 Å². The first kappa shape index (κ1) is 13.7. The zero-order chi connectivity index (χ0) is 14.9. The SMILES string of the molecule is CCc1cc2c(NC3CC3)nc(Cc3ccccc3)nc2s1. The summed E-state index contributed by atoms with van der Waals surface area (Å²) in [6, 6.07) is 13.3. The van der Waals surface area contributed by atoms with E-state index in [0.29, 0.717) is 6.04 Å². The molecule has 112 valence electrons. The lowest BCUT2D eigenvalue weighted by molar-refractivity contribution is 0.984. The van der Waals surface area contributed by atoms with Gasteiger partial charge in [0, 0.05) is 17.3 Å². The van der Waals surface area contributed by atoms with Gasteiger partial charge in [-0.25, -0.2) is 9.97 Å². The topological polar surface area (TPSA) is 37.8 Å². The van der Waals surface area contributed by atoms with Gasteiger partial charge in [-0.1, -0.05) is 37.3 Å². The van der Waals surface area contributed by atoms with Gasteiger partial charge in [0.2, 0.25) is 0 Å². The number of nitrogens with one attached hydrogen (secondary N) is 1. The second kappa shape index (κ2) is 5.69. The Hall–Kier alpha value is -1.94. The van der Waals surface area contributed by atoms with E-state index in [2.05, 4.69) is 42.6 Å². The molecule has 2 heterocycles. The molecular weight excluding hydrogens is 290 g/mol. The fourth-order valence-electron chi connectivity index (χ4n) is 2.58. The molecule has 1 N–H and O–H groups in total. The molecule has 1 aliphatic carbocycles. The molecule has 1 aliphatic rings. The van der Waals surface area contributed by atoms with E-state index in [1.54, 1.807) is 11.3 Å². The number of aryl methyl sites for hydroxylation is 1. The average Bonchev–Trinajstić information content (AvgIpc) is 3.24. The maximum Gasteiger partial charge on any atom is 0.138 e. The smallest absolute Gasteiger partial charge is 0.138 e. The van der Waals surface area contributed by atoms with Crippen LogP contribution < -0.4 is 5.32 Å². The van der Waals surface area contributed by atoms with Gasteiger partial charge in [0.05, 0.1) is 5.39 Å². The zero-order valence-electron chi connectivity index (χ0n) is 12.7. The number of nitrogens with zero attached hydrogens (tertiary/aromatic N) is 2. The van der Waals surface area contributed by atoms with Crippen molar-refractivity contribution in [3.63, 3.8) is 0 Å². The summed E-state index contributed by atoms with van der Waals surface area (Å²) in [7, 11) is 0. The predicted octanol–water partition coefficient (Wildman–Crippen LogP) is 4.42. The summed E-state index contributed by atoms with van der Waals surface area (Å²) in [5.74, 6) is 1.93. The summed E-state index contributed by atoms with van der Waals surface area (Å²) >= 11 is 1.79. The monoisotopic (exact) mass is 309 g/mol. The summed E-state index contributed by atoms with van der Waals surface area (Å²) in [4.78, 5) is 12.1. The van der Waals surface area contributed by atoms with Crippen LogP contribution >= 0.6 is 11.3 Å². The van der Waals surface area contributed by atoms with Crippen LogP contribution in [0.1, 0.15) is 36.0 Å². The lowest BCUT2D eigenvalue weighted by Crippen LogP contribution is -2.06. The molecule has 0 aliphatic heterocycles. The van der Waals surface area contributed by atoms with Gasteiger partial charge in [0.25, 0.3) is 0 Å². The van der Waals surface area contributed by atoms with E-state index in [1.807, 2.05) is 6.07 Å². The fraction of sp³-hybridized carbons (Fsp3) is 0.333. The quantitative estimate of drug-likeness (QED) is 0.758. The molecule has 0 amide bonds. The molecule has 4 rings (SSSR count). The highest BCUT2D eigenvalue weighted by Gasteiger charge is 2.23. The van der Waals surface area contributed by atoms with Crippen LogP contribution in [0.5, 0.6) is 0 Å². The second-order valence-corrected chi connectivity index (χ2v) is 6.97. The molecule has 0 atom stereocenters. The van der Waals surface area contributed by atoms with Gasteiger partial charge in [-0.2, -0.15) is 0 Å². The summed E-state index contributed by atoms with van der Waals surface area (Å²) in [6.07, 6.45) is 4.35. The molecule has 3 aromatic rings. The number of anilines is 1. The molecule has 0 saturated heterocycles. The van der Waals surface area contributed by atoms with Crippen LogP contribution in [0.25, 0.3) is 10.2 Å². The molecule has 0 unspecified atom stereocenters. The van der Waals surface area contributed by atoms with Crippen LogP contribution in [0.4, 0.5) is 5.82 Å². The van der Waals surface area contributed by atoms with Crippen LogP contribution in [0.15, 0.2) is 36.4 Å². The average molecular weight is 309 g/mol. The Labute approximate surface area is 134 Å². The molecule has 1 aromatic carbocycles. The van der Waals surface area contributed by atoms with Crippen molar-refractivity contribution in [2.75, 3.05) is 5.32 Å². The molecule has 0 bridgehead atoms. The van der Waals surface area contributed by atoms with Crippen molar-refractivity contribution in [2.45, 2.75) is 38.6 Å². The lowest BCUT2D eigenvalue weighted by atomic mass is 10.1. The van der Waals surface area contributed by atoms with Gasteiger partial charge in [0.15, 0.2) is 0 Å². The first-order valence-electron chi connectivity index (χ1n) is 7.91. The number of thiophene rings is 1. The van der Waals surface area contributed by atoms with E-state index < -0.39 is 0 Å². The fourth-order valence-corrected chi connectivity index (χ4v) is 3.56. The van der Waals surface area contributed by atoms with Gasteiger partial charge >= 0.3 is 0 Å². The van der Waals surface area contributed by atoms with Crippen LogP contribution in [-0.2, 0) is 12.8 Å². The minimum atomic E-state index is 0.604. The van der Waals surface area contributed by atoms with Crippen LogP contribution in [0.2, 0.25) is 0 Å². The largest absolute Gasteiger partial charge is 0.367 e. The molecule has 0 radical (unpaired) electrons. The third kappa shape index (κ3) is 2.83. The summed E-state index contributed by atoms with van der Waals surface area (Å²) < 4.78 is 0. The van der Waals surface area contributed by atoms with Crippen LogP contribution in [0.3, 0.4) is 0 Å². The third-order valence-corrected chi connectivity index (χ3v) is 5.14. The Balaban J connectivity index is 1.74. The molecule has 2 aromatic heterocycles. The molecule has 1 fully saturated rings. The summed E-state index contributed by atoms with van der Waals surface area (Å²) in [6.45, 7) is 2.19. The Kier molecular flexibility index (Phi) is 3.54. The molecular formula is C18H19N3S. The Morgan fingerprint density at radius 2 is 2.00 bits per heavy atom. The first-order chi connectivity index (χ1) is 10.8. The highest BCUT2D eigenvalue weighted by molar-refractivity contribution is 7.18. The summed E-state index contributed by atoms with van der Waals surface area (Å²) in [5, 5.41) is 4.76. The van der Waals surface area contributed by atoms with Crippen molar-refractivity contribution in [3.05, 3.63) is 52.7 Å². The molecule has 3 nitrogen and oxygen atoms in total. The van der Waals surface area contributed by atoms with E-state index in [1.165, 1.54) is 28.7 Å². The van der Waals surface area contributed by atoms with Crippen LogP contribution in [0, 0.1) is 0 Å². The molecule has 0 spiro atoms. The molecule has 4 heteroatoms. The zero-order valence-corrected chi connectivity index (χ0v) is 13.5. The van der Waals surface area contributed by atoms with Gasteiger partial charge in [0.1, 0.15) is 16.5 Å². The van der Waals surface area contributed by atoms with Crippen molar-refractivity contribution in [3.8, 4) is 0 Å². The van der Waals surface area contributed by atoms with Crippen molar-refractivity contribution in [2.24, 2.45) is 0 Å². The van der Waals surface area contributed by atoms with Gasteiger partial charge in [-0.3, -0.25) is 0 Å². The number of aromatic nitrogens is 2. The third-order valence-electron chi connectivity index (χ3n) is 3.96. The van der Waals surface area contributed by atoms with E-state index in [9.17, 15) is 0 Å². The van der Waals surface area contributed by atoms with Crippen LogP contribution in [-0.4, -0.2) is 16.0 Å². The Morgan fingerprint density at radius 1 is 1.18 bits per heavy atom. The predicted molar refractivity (Wildman–Crippen MR) is 92.7 cm³/mol. The van der Waals surface area contributed by atoms with Crippen molar-refractivity contribution < 1.29 is 0 Å². The van der Waals surface area contributed by atoms with Crippen molar-refractivity contribution in [1.82, 2.24) is 9.97 Å². The molecule has 22 heavy (non-hydrogen) atoms. The van der Waals surface area contributed by atoms with Gasteiger partial charge < -0.3 is 5.32 Å². The normalized spacial score (nSPS) is 14.4. The second-order valence-electron chi connectivity index (χ2n) is 5.85. The van der Waals surface area contributed by atoms with E-state index in [0.717, 1.165) is 29.3 Å². The number of rotatable bonds is 5. The van der Waals surface area contributed by atoms with Gasteiger partial charge in [-0.15, -0.1) is 11.3 Å². The minimum Gasteiger partial charge on any atom is -0.367 e. The van der Waals surface area contributed by atoms with Crippen molar-refractivity contribution >= 4 is 27.4 Å². The number of benzene rings is 1. The maximum atomic E-state index is 4.81. The Morgan fingerprint density at radius 3 is 2.73 bits per heavy atom. The minimum absolute atomic E-state index is 0.604. The summed E-state index contributed by atoms with van der Waals surface area (Å²) in [5.41, 5.74) is 1.26. The Bertz CT molecular complexity index is 791. The first-order valence-corrected chi connectivity index (χ1v) is 8.73. The van der Waals surface area contributed by atoms with E-state index >= 15 is 0 Å². The van der Waals surface area contributed by atoms with E-state index in [-0.39, 0.29) is 0 Å². The molecule has 1 saturated carbocycles. The standard InChI is InChI=1S/C18H19N3S/c1-2-14-11-15-17(19-13-8-9-13)20-16(21-18(15)22-14)10-12-6-4-3-5-7-12/h3-7,11,13H,2,8-10H2,1H3,(H,19,20,21). The highest BCUT2D eigenvalue weighted by Crippen LogP contribution is 2.32. The maximum absolute atomic E-state index is 4.81. The number of fused-ring (bicyclic) bond motifs is 1. The van der Waals surface area contributed by atoms with Gasteiger partial charge in [-0.05, 0) is 30.9 Å². The number of hydrogen-bond acceptors (Lipinski definition) is 4. The van der Waals surface area contributed by atoms with Crippen molar-refractivity contribution in [1.29, 1.82) is 0 Å². The highest BCUT2D eigenvalue weighted by atomic mass is 32.1. The number of hydrogen-bond donors (Lipinski definition) is 1. The lowest BCUT2D eigenvalue weighted by Gasteiger charge is -2.08.